The molecule has 4 rings (SSSR count). The van der Waals surface area contributed by atoms with Crippen LogP contribution in [-0.4, -0.2) is 46.1 Å². The van der Waals surface area contributed by atoms with Gasteiger partial charge in [-0.25, -0.2) is 0 Å². The molecule has 2 nitrogen and oxygen atoms in total. The Morgan fingerprint density at radius 1 is 0.727 bits per heavy atom. The van der Waals surface area contributed by atoms with Gasteiger partial charge in [0.25, 0.3) is 0 Å². The minimum absolute atomic E-state index is 0.249. The number of piperazine rings is 1. The van der Waals surface area contributed by atoms with Crippen LogP contribution in [0.5, 0.6) is 0 Å². The Bertz CT molecular complexity index is 486. The fourth-order valence-electron chi connectivity index (χ4n) is 4.41. The van der Waals surface area contributed by atoms with Crippen molar-refractivity contribution in [3.05, 3.63) is 35.4 Å². The van der Waals surface area contributed by atoms with Gasteiger partial charge in [-0.15, -0.1) is 0 Å². The van der Waals surface area contributed by atoms with Gasteiger partial charge < -0.3 is 0 Å². The summed E-state index contributed by atoms with van der Waals surface area (Å²) in [7, 11) is 0. The molecule has 0 aliphatic carbocycles. The van der Waals surface area contributed by atoms with Crippen molar-refractivity contribution in [3.8, 4) is 0 Å². The first-order valence-corrected chi connectivity index (χ1v) is 8.76. The van der Waals surface area contributed by atoms with Crippen LogP contribution in [0.2, 0.25) is 0 Å². The molecule has 0 radical (unpaired) electrons. The Balaban J connectivity index is 2.01. The lowest BCUT2D eigenvalue weighted by Crippen LogP contribution is -2.68. The minimum Gasteiger partial charge on any atom is -0.292 e. The lowest BCUT2D eigenvalue weighted by molar-refractivity contribution is -0.0608. The zero-order valence-electron chi connectivity index (χ0n) is 15.2. The largest absolute Gasteiger partial charge is 0.292 e. The van der Waals surface area contributed by atoms with Crippen LogP contribution in [0, 0.1) is 0 Å². The predicted octanol–water partition coefficient (Wildman–Crippen LogP) is 3.74. The Labute approximate surface area is 136 Å². The van der Waals surface area contributed by atoms with Crippen LogP contribution in [-0.2, 0) is 12.8 Å². The molecule has 0 unspecified atom stereocenters. The van der Waals surface area contributed by atoms with Gasteiger partial charge in [0.2, 0.25) is 0 Å². The molecule has 0 saturated carbocycles. The molecule has 0 amide bonds. The third kappa shape index (κ3) is 2.96. The van der Waals surface area contributed by atoms with E-state index in [0.29, 0.717) is 12.1 Å². The average molecular weight is 300 g/mol. The number of benzene rings is 1. The molecule has 3 aliphatic heterocycles. The maximum absolute atomic E-state index is 2.76. The van der Waals surface area contributed by atoms with Gasteiger partial charge >= 0.3 is 0 Å². The first-order chi connectivity index (χ1) is 10.2. The van der Waals surface area contributed by atoms with Gasteiger partial charge in [-0.05, 0) is 65.5 Å². The summed E-state index contributed by atoms with van der Waals surface area (Å²) in [6, 6.07) is 10.3. The number of rotatable bonds is 0. The van der Waals surface area contributed by atoms with Crippen LogP contribution < -0.4 is 0 Å². The SMILES string of the molecule is CC(C)(C)N1C[C@@H]2Cc3ccccc3C[C@H]1CN2C(C)(C)C. The fraction of sp³-hybridized carbons (Fsp3) is 0.700. The van der Waals surface area contributed by atoms with Crippen LogP contribution in [0.4, 0.5) is 0 Å². The summed E-state index contributed by atoms with van der Waals surface area (Å²) < 4.78 is 0. The van der Waals surface area contributed by atoms with Crippen LogP contribution in [0.15, 0.2) is 24.3 Å². The Kier molecular flexibility index (Phi) is 3.89. The second kappa shape index (κ2) is 5.35. The molecule has 0 aromatic heterocycles. The van der Waals surface area contributed by atoms with E-state index < -0.39 is 0 Å². The Hall–Kier alpha value is -0.860. The second-order valence-corrected chi connectivity index (χ2v) is 9.13. The maximum atomic E-state index is 2.76. The zero-order chi connectivity index (χ0) is 16.1. The van der Waals surface area contributed by atoms with E-state index in [1.165, 1.54) is 25.9 Å². The highest BCUT2D eigenvalue weighted by Crippen LogP contribution is 2.34. The minimum atomic E-state index is 0.249. The van der Waals surface area contributed by atoms with Gasteiger partial charge in [0, 0.05) is 36.3 Å². The van der Waals surface area contributed by atoms with Gasteiger partial charge in [-0.2, -0.15) is 0 Å². The average Bonchev–Trinajstić information content (AvgIpc) is 2.35. The van der Waals surface area contributed by atoms with Crippen molar-refractivity contribution in [2.24, 2.45) is 0 Å². The second-order valence-electron chi connectivity index (χ2n) is 9.13. The van der Waals surface area contributed by atoms with Gasteiger partial charge in [-0.1, -0.05) is 24.3 Å². The predicted molar refractivity (Wildman–Crippen MR) is 94.3 cm³/mol. The van der Waals surface area contributed by atoms with Crippen LogP contribution in [0.1, 0.15) is 52.7 Å². The Morgan fingerprint density at radius 3 is 1.41 bits per heavy atom. The molecule has 0 spiro atoms. The maximum Gasteiger partial charge on any atom is 0.0269 e. The molecule has 0 N–H and O–H groups in total. The molecule has 3 aliphatic rings. The van der Waals surface area contributed by atoms with Crippen molar-refractivity contribution in [1.29, 1.82) is 0 Å². The van der Waals surface area contributed by atoms with Crippen LogP contribution in [0.25, 0.3) is 0 Å². The van der Waals surface area contributed by atoms with E-state index >= 15 is 0 Å². The van der Waals surface area contributed by atoms with Crippen molar-refractivity contribution >= 4 is 0 Å². The lowest BCUT2D eigenvalue weighted by Gasteiger charge is -2.56. The van der Waals surface area contributed by atoms with Gasteiger partial charge in [-0.3, -0.25) is 9.80 Å². The fourth-order valence-corrected chi connectivity index (χ4v) is 4.41. The van der Waals surface area contributed by atoms with E-state index in [1.54, 1.807) is 11.1 Å². The third-order valence-corrected chi connectivity index (χ3v) is 5.45. The van der Waals surface area contributed by atoms with Crippen molar-refractivity contribution in [2.45, 2.75) is 77.5 Å². The van der Waals surface area contributed by atoms with Gasteiger partial charge in [0.15, 0.2) is 0 Å². The molecule has 22 heavy (non-hydrogen) atoms. The molecule has 1 aromatic rings. The number of fused-ring (bicyclic) bond motifs is 2. The molecule has 2 atom stereocenters. The monoisotopic (exact) mass is 300 g/mol. The molecular formula is C20H32N2. The molecule has 1 aromatic carbocycles. The summed E-state index contributed by atoms with van der Waals surface area (Å²) in [6.07, 6.45) is 2.37. The number of hydrogen-bond acceptors (Lipinski definition) is 2. The summed E-state index contributed by atoms with van der Waals surface area (Å²) in [5, 5.41) is 0. The first kappa shape index (κ1) is 16.0. The molecule has 2 heteroatoms. The van der Waals surface area contributed by atoms with E-state index in [0.717, 1.165) is 0 Å². The quantitative estimate of drug-likeness (QED) is 0.720. The number of nitrogens with zero attached hydrogens (tertiary/aromatic N) is 2. The standard InChI is InChI=1S/C20H32N2/c1-19(2,3)21-13-18-12-16-10-8-7-9-15(16)11-17(21)14-22(18)20(4,5)6/h7-10,17-18H,11-14H2,1-6H3/t17-,18-/m0/s1. The van der Waals surface area contributed by atoms with E-state index in [4.69, 9.17) is 0 Å². The summed E-state index contributed by atoms with van der Waals surface area (Å²) in [5.41, 5.74) is 3.64. The van der Waals surface area contributed by atoms with Crippen LogP contribution in [0.3, 0.4) is 0 Å². The Morgan fingerprint density at radius 2 is 1.09 bits per heavy atom. The molecular weight excluding hydrogens is 268 g/mol. The molecule has 2 bridgehead atoms. The number of hydrogen-bond donors (Lipinski definition) is 0. The van der Waals surface area contributed by atoms with E-state index in [1.807, 2.05) is 0 Å². The van der Waals surface area contributed by atoms with Crippen molar-refractivity contribution in [2.75, 3.05) is 13.1 Å². The summed E-state index contributed by atoms with van der Waals surface area (Å²) >= 11 is 0. The van der Waals surface area contributed by atoms with Crippen LogP contribution >= 0.6 is 0 Å². The van der Waals surface area contributed by atoms with Crippen molar-refractivity contribution in [1.82, 2.24) is 9.80 Å². The molecule has 122 valence electrons. The summed E-state index contributed by atoms with van der Waals surface area (Å²) in [4.78, 5) is 5.52. The van der Waals surface area contributed by atoms with Gasteiger partial charge in [0.05, 0.1) is 0 Å². The first-order valence-electron chi connectivity index (χ1n) is 8.76. The summed E-state index contributed by atoms with van der Waals surface area (Å²) in [6.45, 7) is 16.6. The highest BCUT2D eigenvalue weighted by atomic mass is 15.4. The highest BCUT2D eigenvalue weighted by Gasteiger charge is 2.43. The molecule has 1 fully saturated rings. The van der Waals surface area contributed by atoms with Gasteiger partial charge in [0.1, 0.15) is 0 Å². The van der Waals surface area contributed by atoms with Crippen molar-refractivity contribution in [3.63, 3.8) is 0 Å². The molecule has 1 saturated heterocycles. The molecule has 3 heterocycles. The topological polar surface area (TPSA) is 6.48 Å². The van der Waals surface area contributed by atoms with E-state index in [-0.39, 0.29) is 11.1 Å². The zero-order valence-corrected chi connectivity index (χ0v) is 15.2. The lowest BCUT2D eigenvalue weighted by atomic mass is 9.83. The van der Waals surface area contributed by atoms with E-state index in [9.17, 15) is 0 Å². The highest BCUT2D eigenvalue weighted by molar-refractivity contribution is 5.31. The van der Waals surface area contributed by atoms with Crippen molar-refractivity contribution < 1.29 is 0 Å². The van der Waals surface area contributed by atoms with E-state index in [2.05, 4.69) is 75.6 Å². The normalized spacial score (nSPS) is 27.4. The smallest absolute Gasteiger partial charge is 0.0269 e. The summed E-state index contributed by atoms with van der Waals surface area (Å²) in [5.74, 6) is 0. The third-order valence-electron chi connectivity index (χ3n) is 5.45.